The van der Waals surface area contributed by atoms with Crippen molar-refractivity contribution in [3.63, 3.8) is 0 Å². The molecule has 0 spiro atoms. The van der Waals surface area contributed by atoms with Crippen molar-refractivity contribution in [1.82, 2.24) is 4.90 Å². The van der Waals surface area contributed by atoms with Gasteiger partial charge in [-0.25, -0.2) is 0 Å². The third-order valence-corrected chi connectivity index (χ3v) is 7.47. The second kappa shape index (κ2) is 10.7. The minimum Gasteiger partial charge on any atom is -0.733 e. The number of carbonyl (C=O) groups is 1. The Bertz CT molecular complexity index is 1340. The number of hydrogen-bond acceptors (Lipinski definition) is 8. The number of methoxy groups -OCH3 is 1. The summed E-state index contributed by atoms with van der Waals surface area (Å²) in [6.45, 7) is 1.98. The third-order valence-electron chi connectivity index (χ3n) is 6.17. The first-order chi connectivity index (χ1) is 17.2. The molecule has 1 N–H and O–H groups in total. The van der Waals surface area contributed by atoms with E-state index in [1.54, 1.807) is 35.2 Å². The van der Waals surface area contributed by atoms with Gasteiger partial charge >= 0.3 is 0 Å². The molecule has 1 saturated heterocycles. The van der Waals surface area contributed by atoms with Gasteiger partial charge in [0.1, 0.15) is 5.75 Å². The van der Waals surface area contributed by atoms with E-state index in [1.165, 1.54) is 31.4 Å². The minimum absolute atomic E-state index is 0.0710. The zero-order chi connectivity index (χ0) is 25.9. The van der Waals surface area contributed by atoms with Gasteiger partial charge in [0.2, 0.25) is 5.91 Å². The highest BCUT2D eigenvalue weighted by Crippen LogP contribution is 2.34. The molecule has 1 heterocycles. The van der Waals surface area contributed by atoms with Gasteiger partial charge in [0.05, 0.1) is 30.3 Å². The Kier molecular flexibility index (Phi) is 7.60. The molecule has 0 unspecified atom stereocenters. The summed E-state index contributed by atoms with van der Waals surface area (Å²) in [4.78, 5) is 14.3. The zero-order valence-electron chi connectivity index (χ0n) is 20.0. The molecule has 9 nitrogen and oxygen atoms in total. The molecule has 3 aromatic rings. The van der Waals surface area contributed by atoms with Gasteiger partial charge in [-0.1, -0.05) is 35.9 Å². The topological polar surface area (TPSA) is 119 Å². The number of aryl methyl sites for hydroxylation is 1. The quantitative estimate of drug-likeness (QED) is 0.334. The summed E-state index contributed by atoms with van der Waals surface area (Å²) in [5.41, 5.74) is 3.13. The summed E-state index contributed by atoms with van der Waals surface area (Å²) >= 11 is 0. The standard InChI is InChI=1S/C26H27N2O7S/c1-18-6-10-23(11-7-18)36(32,33)35-17-22-9-13-26(29)27(22)16-19-8-12-25(34-2)24(14-19)20-4-3-5-21(15-20)28(30)31/h3-8,10-12,14-15,22,30H,9,13,16-17H2,1-2H3/q-1/t22-/m0/s1. The fraction of sp³-hybridized carbons (Fsp3) is 0.269. The lowest BCUT2D eigenvalue weighted by atomic mass is 10.0. The van der Waals surface area contributed by atoms with Gasteiger partial charge in [0, 0.05) is 18.5 Å². The van der Waals surface area contributed by atoms with Crippen LogP contribution in [0.3, 0.4) is 0 Å². The van der Waals surface area contributed by atoms with Gasteiger partial charge < -0.3 is 20.1 Å². The zero-order valence-corrected chi connectivity index (χ0v) is 20.8. The number of carbonyl (C=O) groups excluding carboxylic acids is 1. The van der Waals surface area contributed by atoms with Crippen LogP contribution in [-0.4, -0.2) is 44.2 Å². The van der Waals surface area contributed by atoms with Crippen LogP contribution in [0.2, 0.25) is 0 Å². The van der Waals surface area contributed by atoms with Crippen LogP contribution in [0.15, 0.2) is 71.6 Å². The largest absolute Gasteiger partial charge is 0.733 e. The number of nitrogens with zero attached hydrogens (tertiary/aromatic N) is 2. The van der Waals surface area contributed by atoms with Gasteiger partial charge in [-0.2, -0.15) is 8.42 Å². The highest BCUT2D eigenvalue weighted by Gasteiger charge is 2.32. The van der Waals surface area contributed by atoms with E-state index in [-0.39, 0.29) is 34.9 Å². The molecule has 0 aromatic heterocycles. The molecule has 0 radical (unpaired) electrons. The van der Waals surface area contributed by atoms with Crippen molar-refractivity contribution in [2.75, 3.05) is 18.9 Å². The summed E-state index contributed by atoms with van der Waals surface area (Å²) in [6, 6.07) is 17.9. The molecule has 190 valence electrons. The smallest absolute Gasteiger partial charge is 0.297 e. The number of rotatable bonds is 9. The number of likely N-dealkylation sites (tertiary alicyclic amines) is 1. The maximum atomic E-state index is 12.6. The van der Waals surface area contributed by atoms with Crippen LogP contribution in [0, 0.1) is 12.1 Å². The Morgan fingerprint density at radius 1 is 1.11 bits per heavy atom. The van der Waals surface area contributed by atoms with Crippen molar-refractivity contribution in [2.24, 2.45) is 0 Å². The molecule has 4 rings (SSSR count). The van der Waals surface area contributed by atoms with Crippen molar-refractivity contribution in [2.45, 2.75) is 37.2 Å². The molecule has 1 atom stereocenters. The van der Waals surface area contributed by atoms with Crippen molar-refractivity contribution >= 4 is 21.7 Å². The van der Waals surface area contributed by atoms with E-state index < -0.39 is 16.2 Å². The molecule has 0 saturated carbocycles. The summed E-state index contributed by atoms with van der Waals surface area (Å²) in [5.74, 6) is 0.473. The SMILES string of the molecule is COc1ccc(CN2C(=O)CC[C@H]2COS(=O)(=O)c2ccc(C)cc2)cc1-c1cccc(N([O-])O)c1. The molecule has 1 aliphatic heterocycles. The predicted octanol–water partition coefficient (Wildman–Crippen LogP) is 4.26. The van der Waals surface area contributed by atoms with Crippen LogP contribution in [0.1, 0.15) is 24.0 Å². The number of benzene rings is 3. The Morgan fingerprint density at radius 3 is 2.56 bits per heavy atom. The second-order valence-electron chi connectivity index (χ2n) is 8.62. The Balaban J connectivity index is 1.53. The summed E-state index contributed by atoms with van der Waals surface area (Å²) in [5, 5.41) is 20.4. The lowest BCUT2D eigenvalue weighted by Crippen LogP contribution is -2.36. The highest BCUT2D eigenvalue weighted by atomic mass is 32.2. The van der Waals surface area contributed by atoms with Crippen molar-refractivity contribution < 1.29 is 27.3 Å². The molecule has 3 aromatic carbocycles. The van der Waals surface area contributed by atoms with Gasteiger partial charge in [-0.3, -0.25) is 14.2 Å². The monoisotopic (exact) mass is 511 g/mol. The minimum atomic E-state index is -3.95. The van der Waals surface area contributed by atoms with Crippen LogP contribution in [-0.2, 0) is 25.6 Å². The lowest BCUT2D eigenvalue weighted by molar-refractivity contribution is -0.129. The van der Waals surface area contributed by atoms with Crippen molar-refractivity contribution in [3.05, 3.63) is 83.1 Å². The fourth-order valence-electron chi connectivity index (χ4n) is 4.19. The molecular formula is C26H27N2O7S-. The van der Waals surface area contributed by atoms with Gasteiger partial charge in [-0.05, 0) is 60.9 Å². The van der Waals surface area contributed by atoms with Crippen LogP contribution in [0.4, 0.5) is 5.69 Å². The number of ether oxygens (including phenoxy) is 1. The molecule has 1 amide bonds. The van der Waals surface area contributed by atoms with E-state index in [2.05, 4.69) is 0 Å². The lowest BCUT2D eigenvalue weighted by Gasteiger charge is -2.25. The molecule has 1 fully saturated rings. The van der Waals surface area contributed by atoms with Crippen LogP contribution < -0.4 is 9.96 Å². The van der Waals surface area contributed by atoms with Crippen LogP contribution in [0.25, 0.3) is 11.1 Å². The van der Waals surface area contributed by atoms with Crippen LogP contribution >= 0.6 is 0 Å². The Morgan fingerprint density at radius 2 is 1.86 bits per heavy atom. The molecule has 1 aliphatic rings. The summed E-state index contributed by atoms with van der Waals surface area (Å²) in [6.07, 6.45) is 0.794. The summed E-state index contributed by atoms with van der Waals surface area (Å²) in [7, 11) is -2.42. The van der Waals surface area contributed by atoms with E-state index in [1.807, 2.05) is 19.1 Å². The first-order valence-corrected chi connectivity index (χ1v) is 12.8. The highest BCUT2D eigenvalue weighted by molar-refractivity contribution is 7.86. The third kappa shape index (κ3) is 5.68. The first kappa shape index (κ1) is 25.6. The van der Waals surface area contributed by atoms with E-state index in [0.29, 0.717) is 29.7 Å². The van der Waals surface area contributed by atoms with Crippen LogP contribution in [0.5, 0.6) is 5.75 Å². The average molecular weight is 512 g/mol. The maximum Gasteiger partial charge on any atom is 0.297 e. The maximum absolute atomic E-state index is 12.6. The van der Waals surface area contributed by atoms with Gasteiger partial charge in [0.15, 0.2) is 0 Å². The van der Waals surface area contributed by atoms with E-state index in [4.69, 9.17) is 8.92 Å². The predicted molar refractivity (Wildman–Crippen MR) is 134 cm³/mol. The summed E-state index contributed by atoms with van der Waals surface area (Å²) < 4.78 is 36.0. The van der Waals surface area contributed by atoms with E-state index in [9.17, 15) is 23.6 Å². The number of anilines is 1. The molecule has 0 bridgehead atoms. The van der Waals surface area contributed by atoms with E-state index in [0.717, 1.165) is 11.1 Å². The normalized spacial score (nSPS) is 15.8. The number of amides is 1. The molecular weight excluding hydrogens is 484 g/mol. The Hall–Kier alpha value is -3.44. The van der Waals surface area contributed by atoms with Gasteiger partial charge in [0.25, 0.3) is 10.1 Å². The van der Waals surface area contributed by atoms with Gasteiger partial charge in [-0.15, -0.1) is 0 Å². The van der Waals surface area contributed by atoms with Crippen molar-refractivity contribution in [3.8, 4) is 16.9 Å². The first-order valence-electron chi connectivity index (χ1n) is 11.4. The average Bonchev–Trinajstić information content (AvgIpc) is 3.22. The molecule has 10 heteroatoms. The second-order valence-corrected chi connectivity index (χ2v) is 10.2. The molecule has 36 heavy (non-hydrogen) atoms. The van der Waals surface area contributed by atoms with E-state index >= 15 is 0 Å². The van der Waals surface area contributed by atoms with Crippen molar-refractivity contribution in [1.29, 1.82) is 0 Å². The molecule has 0 aliphatic carbocycles. The number of hydrogen-bond donors (Lipinski definition) is 1. The Labute approximate surface area is 210 Å². The fourth-order valence-corrected chi connectivity index (χ4v) is 5.13.